The van der Waals surface area contributed by atoms with Gasteiger partial charge in [-0.25, -0.2) is 4.68 Å². The maximum Gasteiger partial charge on any atom is 0.190 e. The summed E-state index contributed by atoms with van der Waals surface area (Å²) in [4.78, 5) is 12.4. The van der Waals surface area contributed by atoms with Crippen LogP contribution in [0.4, 0.5) is 0 Å². The van der Waals surface area contributed by atoms with Crippen LogP contribution < -0.4 is 5.73 Å². The number of carbonyl (C=O) groups is 1. The zero-order chi connectivity index (χ0) is 11.6. The van der Waals surface area contributed by atoms with Crippen molar-refractivity contribution < 1.29 is 9.53 Å². The summed E-state index contributed by atoms with van der Waals surface area (Å²) in [5, 5.41) is 7.49. The van der Waals surface area contributed by atoms with Crippen molar-refractivity contribution in [2.45, 2.75) is 12.8 Å². The van der Waals surface area contributed by atoms with Crippen LogP contribution in [0.15, 0.2) is 6.20 Å². The van der Waals surface area contributed by atoms with Crippen molar-refractivity contribution in [2.75, 3.05) is 19.8 Å². The van der Waals surface area contributed by atoms with Crippen LogP contribution in [0.25, 0.3) is 0 Å². The number of rotatable bonds is 3. The molecule has 0 radical (unpaired) electrons. The van der Waals surface area contributed by atoms with Gasteiger partial charge in [-0.05, 0) is 12.8 Å². The number of ketones is 1. The minimum absolute atomic E-state index is 0.0331. The van der Waals surface area contributed by atoms with E-state index in [1.54, 1.807) is 7.05 Å². The SMILES string of the molecule is Cn1nncc1C(=O)C1(CN)CCOCC1. The Morgan fingerprint density at radius 2 is 2.31 bits per heavy atom. The quantitative estimate of drug-likeness (QED) is 0.716. The van der Waals surface area contributed by atoms with Gasteiger partial charge in [0.25, 0.3) is 0 Å². The van der Waals surface area contributed by atoms with Crippen molar-refractivity contribution in [1.29, 1.82) is 0 Å². The molecule has 6 nitrogen and oxygen atoms in total. The van der Waals surface area contributed by atoms with E-state index in [4.69, 9.17) is 10.5 Å². The number of nitrogens with zero attached hydrogens (tertiary/aromatic N) is 3. The zero-order valence-corrected chi connectivity index (χ0v) is 9.35. The van der Waals surface area contributed by atoms with Crippen LogP contribution in [0, 0.1) is 5.41 Å². The van der Waals surface area contributed by atoms with Gasteiger partial charge in [-0.1, -0.05) is 5.21 Å². The van der Waals surface area contributed by atoms with E-state index in [1.807, 2.05) is 0 Å². The number of aryl methyl sites for hydroxylation is 1. The lowest BCUT2D eigenvalue weighted by molar-refractivity contribution is 0.0194. The molecule has 0 spiro atoms. The topological polar surface area (TPSA) is 83.0 Å². The molecule has 0 amide bonds. The van der Waals surface area contributed by atoms with Gasteiger partial charge < -0.3 is 10.5 Å². The first-order chi connectivity index (χ1) is 7.69. The predicted octanol–water partition coefficient (Wildman–Crippen LogP) is -0.247. The maximum atomic E-state index is 12.4. The first-order valence-electron chi connectivity index (χ1n) is 5.37. The van der Waals surface area contributed by atoms with Gasteiger partial charge in [0.05, 0.1) is 11.6 Å². The molecule has 0 unspecified atom stereocenters. The highest BCUT2D eigenvalue weighted by Gasteiger charge is 2.40. The van der Waals surface area contributed by atoms with Gasteiger partial charge in [-0.15, -0.1) is 5.10 Å². The molecule has 1 fully saturated rings. The minimum atomic E-state index is -0.492. The number of hydrogen-bond donors (Lipinski definition) is 1. The third-order valence-electron chi connectivity index (χ3n) is 3.27. The molecule has 0 saturated carbocycles. The first kappa shape index (κ1) is 11.2. The Morgan fingerprint density at radius 3 is 2.81 bits per heavy atom. The molecular weight excluding hydrogens is 208 g/mol. The standard InChI is InChI=1S/C10H16N4O2/c1-14-8(6-12-13-14)9(15)10(7-11)2-4-16-5-3-10/h6H,2-5,7,11H2,1H3. The van der Waals surface area contributed by atoms with Crippen molar-refractivity contribution in [2.24, 2.45) is 18.2 Å². The van der Waals surface area contributed by atoms with Gasteiger partial charge >= 0.3 is 0 Å². The second-order valence-corrected chi connectivity index (χ2v) is 4.17. The highest BCUT2D eigenvalue weighted by atomic mass is 16.5. The van der Waals surface area contributed by atoms with Crippen molar-refractivity contribution >= 4 is 5.78 Å². The molecule has 2 heterocycles. The minimum Gasteiger partial charge on any atom is -0.381 e. The average molecular weight is 224 g/mol. The van der Waals surface area contributed by atoms with E-state index >= 15 is 0 Å². The summed E-state index contributed by atoms with van der Waals surface area (Å²) in [6.07, 6.45) is 2.84. The number of hydrogen-bond acceptors (Lipinski definition) is 5. The molecule has 2 N–H and O–H groups in total. The highest BCUT2D eigenvalue weighted by molar-refractivity contribution is 5.99. The summed E-state index contributed by atoms with van der Waals surface area (Å²) in [5.74, 6) is 0.0331. The van der Waals surface area contributed by atoms with Gasteiger partial charge in [0.2, 0.25) is 0 Å². The van der Waals surface area contributed by atoms with Crippen LogP contribution >= 0.6 is 0 Å². The molecule has 1 aliphatic rings. The van der Waals surface area contributed by atoms with Gasteiger partial charge in [-0.2, -0.15) is 0 Å². The summed E-state index contributed by atoms with van der Waals surface area (Å²) in [7, 11) is 1.71. The van der Waals surface area contributed by atoms with E-state index in [1.165, 1.54) is 10.9 Å². The third kappa shape index (κ3) is 1.74. The lowest BCUT2D eigenvalue weighted by Crippen LogP contribution is -2.44. The van der Waals surface area contributed by atoms with Crippen molar-refractivity contribution in [3.63, 3.8) is 0 Å². The lowest BCUT2D eigenvalue weighted by atomic mass is 9.75. The van der Waals surface area contributed by atoms with Crippen LogP contribution in [0.2, 0.25) is 0 Å². The molecule has 2 rings (SSSR count). The fourth-order valence-electron chi connectivity index (χ4n) is 2.05. The number of nitrogens with two attached hydrogens (primary N) is 1. The highest BCUT2D eigenvalue weighted by Crippen LogP contribution is 2.32. The fraction of sp³-hybridized carbons (Fsp3) is 0.700. The third-order valence-corrected chi connectivity index (χ3v) is 3.27. The zero-order valence-electron chi connectivity index (χ0n) is 9.35. The predicted molar refractivity (Wildman–Crippen MR) is 56.9 cm³/mol. The Bertz CT molecular complexity index is 382. The van der Waals surface area contributed by atoms with Crippen molar-refractivity contribution in [1.82, 2.24) is 15.0 Å². The van der Waals surface area contributed by atoms with Crippen molar-refractivity contribution in [3.05, 3.63) is 11.9 Å². The van der Waals surface area contributed by atoms with E-state index in [-0.39, 0.29) is 5.78 Å². The largest absolute Gasteiger partial charge is 0.381 e. The Kier molecular flexibility index (Phi) is 3.02. The van der Waals surface area contributed by atoms with Gasteiger partial charge in [0.1, 0.15) is 5.69 Å². The monoisotopic (exact) mass is 224 g/mol. The Labute approximate surface area is 93.8 Å². The van der Waals surface area contributed by atoms with Gasteiger partial charge in [-0.3, -0.25) is 4.79 Å². The van der Waals surface area contributed by atoms with Crippen LogP contribution in [0.5, 0.6) is 0 Å². The number of Topliss-reactive ketones (excluding diaryl/α,β-unsaturated/α-hetero) is 1. The fourth-order valence-corrected chi connectivity index (χ4v) is 2.05. The second kappa shape index (κ2) is 4.31. The summed E-state index contributed by atoms with van der Waals surface area (Å²) < 4.78 is 6.77. The maximum absolute atomic E-state index is 12.4. The van der Waals surface area contributed by atoms with Gasteiger partial charge in [0.15, 0.2) is 5.78 Å². The van der Waals surface area contributed by atoms with Gasteiger partial charge in [0, 0.05) is 26.8 Å². The van der Waals surface area contributed by atoms with Crippen molar-refractivity contribution in [3.8, 4) is 0 Å². The molecule has 1 aromatic heterocycles. The van der Waals surface area contributed by atoms with E-state index in [2.05, 4.69) is 10.3 Å². The van der Waals surface area contributed by atoms with Crippen LogP contribution in [0.3, 0.4) is 0 Å². The summed E-state index contributed by atoms with van der Waals surface area (Å²) >= 11 is 0. The summed E-state index contributed by atoms with van der Waals surface area (Å²) in [6, 6.07) is 0. The molecule has 16 heavy (non-hydrogen) atoms. The Morgan fingerprint density at radius 1 is 1.62 bits per heavy atom. The molecule has 1 aliphatic heterocycles. The molecule has 1 aromatic rings. The molecule has 1 saturated heterocycles. The molecule has 0 aliphatic carbocycles. The van der Waals surface area contributed by atoms with Crippen LogP contribution in [0.1, 0.15) is 23.3 Å². The molecule has 0 atom stereocenters. The van der Waals surface area contributed by atoms with E-state index in [0.717, 1.165) is 0 Å². The Balaban J connectivity index is 2.28. The number of aromatic nitrogens is 3. The van der Waals surface area contributed by atoms with Crippen LogP contribution in [-0.4, -0.2) is 40.5 Å². The Hall–Kier alpha value is -1.27. The normalized spacial score (nSPS) is 19.6. The first-order valence-corrected chi connectivity index (χ1v) is 5.37. The molecule has 6 heteroatoms. The van der Waals surface area contributed by atoms with E-state index in [0.29, 0.717) is 38.3 Å². The number of carbonyl (C=O) groups excluding carboxylic acids is 1. The molecule has 0 bridgehead atoms. The molecular formula is C10H16N4O2. The second-order valence-electron chi connectivity index (χ2n) is 4.17. The summed E-state index contributed by atoms with van der Waals surface area (Å²) in [6.45, 7) is 1.53. The smallest absolute Gasteiger partial charge is 0.190 e. The van der Waals surface area contributed by atoms with E-state index in [9.17, 15) is 4.79 Å². The molecule has 88 valence electrons. The average Bonchev–Trinajstić information content (AvgIpc) is 2.75. The number of ether oxygens (including phenoxy) is 1. The molecule has 0 aromatic carbocycles. The summed E-state index contributed by atoms with van der Waals surface area (Å²) in [5.41, 5.74) is 5.80. The van der Waals surface area contributed by atoms with E-state index < -0.39 is 5.41 Å². The van der Waals surface area contributed by atoms with Crippen LogP contribution in [-0.2, 0) is 11.8 Å². The lowest BCUT2D eigenvalue weighted by Gasteiger charge is -2.34.